The number of hydrogen-bond donors (Lipinski definition) is 1. The number of piperazine rings is 1. The van der Waals surface area contributed by atoms with Gasteiger partial charge in [-0.15, -0.1) is 0 Å². The minimum absolute atomic E-state index is 0.243. The van der Waals surface area contributed by atoms with Crippen molar-refractivity contribution in [2.45, 2.75) is 26.4 Å². The van der Waals surface area contributed by atoms with E-state index in [1.54, 1.807) is 11.1 Å². The second-order valence-electron chi connectivity index (χ2n) is 8.56. The summed E-state index contributed by atoms with van der Waals surface area (Å²) in [7, 11) is 3.74. The number of aromatic nitrogens is 2. The Kier molecular flexibility index (Phi) is 6.49. The molecule has 1 aliphatic rings. The molecule has 1 amide bonds. The zero-order chi connectivity index (χ0) is 22.6. The van der Waals surface area contributed by atoms with Gasteiger partial charge in [-0.05, 0) is 45.0 Å². The van der Waals surface area contributed by atoms with Gasteiger partial charge in [-0.1, -0.05) is 0 Å². The van der Waals surface area contributed by atoms with Gasteiger partial charge in [0.2, 0.25) is 0 Å². The van der Waals surface area contributed by atoms with Gasteiger partial charge in [0.05, 0.1) is 6.20 Å². The van der Waals surface area contributed by atoms with Gasteiger partial charge in [0.15, 0.2) is 11.5 Å². The largest absolute Gasteiger partial charge is 0.444 e. The van der Waals surface area contributed by atoms with Crippen molar-refractivity contribution in [2.75, 3.05) is 55.4 Å². The molecular formula is C22H29N7O2. The molecule has 9 heteroatoms. The Morgan fingerprint density at radius 1 is 1.16 bits per heavy atom. The van der Waals surface area contributed by atoms with Gasteiger partial charge >= 0.3 is 6.09 Å². The topological polar surface area (TPSA) is 97.6 Å². The Bertz CT molecular complexity index is 953. The summed E-state index contributed by atoms with van der Waals surface area (Å²) in [5.74, 6) is 1.09. The third-order valence-corrected chi connectivity index (χ3v) is 4.75. The fraction of sp³-hybridized carbons (Fsp3) is 0.455. The molecule has 9 nitrogen and oxygen atoms in total. The molecule has 1 N–H and O–H groups in total. The van der Waals surface area contributed by atoms with E-state index in [0.29, 0.717) is 24.7 Å². The predicted molar refractivity (Wildman–Crippen MR) is 121 cm³/mol. The Balaban J connectivity index is 1.62. The van der Waals surface area contributed by atoms with Crippen LogP contribution in [0.1, 0.15) is 26.5 Å². The maximum atomic E-state index is 12.2. The van der Waals surface area contributed by atoms with Gasteiger partial charge in [-0.2, -0.15) is 5.26 Å². The van der Waals surface area contributed by atoms with Crippen LogP contribution < -0.4 is 15.1 Å². The highest BCUT2D eigenvalue weighted by Gasteiger charge is 2.25. The molecule has 0 bridgehead atoms. The lowest BCUT2D eigenvalue weighted by Gasteiger charge is -2.36. The number of rotatable bonds is 4. The second kappa shape index (κ2) is 9.08. The third-order valence-electron chi connectivity index (χ3n) is 4.75. The lowest BCUT2D eigenvalue weighted by atomic mass is 10.2. The van der Waals surface area contributed by atoms with Crippen molar-refractivity contribution in [2.24, 2.45) is 0 Å². The van der Waals surface area contributed by atoms with E-state index in [0.717, 1.165) is 24.5 Å². The van der Waals surface area contributed by atoms with Crippen molar-refractivity contribution in [3.05, 3.63) is 36.2 Å². The summed E-state index contributed by atoms with van der Waals surface area (Å²) < 4.78 is 5.46. The van der Waals surface area contributed by atoms with Gasteiger partial charge in [-0.25, -0.2) is 14.8 Å². The average Bonchev–Trinajstić information content (AvgIpc) is 2.73. The maximum Gasteiger partial charge on any atom is 0.410 e. The first-order chi connectivity index (χ1) is 14.7. The molecule has 0 unspecified atom stereocenters. The van der Waals surface area contributed by atoms with Crippen LogP contribution in [0.2, 0.25) is 0 Å². The minimum Gasteiger partial charge on any atom is -0.444 e. The molecule has 0 saturated carbocycles. The SMILES string of the molecule is CN(C)c1cnc(C#N)c(Nc2ccc(N3CCN(C(=O)OC(C)(C)C)CC3)cc2)n1. The zero-order valence-corrected chi connectivity index (χ0v) is 18.7. The molecule has 2 aromatic rings. The van der Waals surface area contributed by atoms with Crippen molar-refractivity contribution in [3.63, 3.8) is 0 Å². The van der Waals surface area contributed by atoms with E-state index >= 15 is 0 Å². The van der Waals surface area contributed by atoms with Crippen LogP contribution in [0.15, 0.2) is 30.5 Å². The highest BCUT2D eigenvalue weighted by Crippen LogP contribution is 2.24. The van der Waals surface area contributed by atoms with Crippen LogP contribution in [0.4, 0.5) is 27.8 Å². The number of amides is 1. The summed E-state index contributed by atoms with van der Waals surface area (Å²) in [4.78, 5) is 26.7. The molecule has 2 heterocycles. The van der Waals surface area contributed by atoms with E-state index in [-0.39, 0.29) is 11.8 Å². The van der Waals surface area contributed by atoms with Gasteiger partial charge in [0, 0.05) is 51.6 Å². The van der Waals surface area contributed by atoms with Crippen molar-refractivity contribution < 1.29 is 9.53 Å². The molecule has 1 aromatic carbocycles. The van der Waals surface area contributed by atoms with Crippen molar-refractivity contribution >= 4 is 29.1 Å². The van der Waals surface area contributed by atoms with Crippen molar-refractivity contribution in [1.82, 2.24) is 14.9 Å². The lowest BCUT2D eigenvalue weighted by Crippen LogP contribution is -2.50. The fourth-order valence-electron chi connectivity index (χ4n) is 3.13. The zero-order valence-electron chi connectivity index (χ0n) is 18.7. The number of carbonyl (C=O) groups excluding carboxylic acids is 1. The summed E-state index contributed by atoms with van der Waals surface area (Å²) in [5, 5.41) is 12.5. The average molecular weight is 424 g/mol. The lowest BCUT2D eigenvalue weighted by molar-refractivity contribution is 0.0240. The van der Waals surface area contributed by atoms with Crippen LogP contribution in [0, 0.1) is 11.3 Å². The van der Waals surface area contributed by atoms with Gasteiger partial charge in [0.1, 0.15) is 17.5 Å². The monoisotopic (exact) mass is 423 g/mol. The Morgan fingerprint density at radius 2 is 1.81 bits per heavy atom. The van der Waals surface area contributed by atoms with E-state index in [9.17, 15) is 10.1 Å². The van der Waals surface area contributed by atoms with Crippen LogP contribution >= 0.6 is 0 Å². The van der Waals surface area contributed by atoms with Gasteiger partial charge < -0.3 is 24.8 Å². The molecule has 0 spiro atoms. The molecule has 1 fully saturated rings. The normalized spacial score (nSPS) is 14.1. The first kappa shape index (κ1) is 22.2. The van der Waals surface area contributed by atoms with Gasteiger partial charge in [0.25, 0.3) is 0 Å². The van der Waals surface area contributed by atoms with E-state index in [4.69, 9.17) is 4.74 Å². The fourth-order valence-corrected chi connectivity index (χ4v) is 3.13. The van der Waals surface area contributed by atoms with Crippen molar-refractivity contribution in [3.8, 4) is 6.07 Å². The molecule has 1 aliphatic heterocycles. The molecule has 0 atom stereocenters. The number of hydrogen-bond acceptors (Lipinski definition) is 8. The summed E-state index contributed by atoms with van der Waals surface area (Å²) in [6.45, 7) is 8.33. The number of nitriles is 1. The quantitative estimate of drug-likeness (QED) is 0.801. The number of nitrogens with zero attached hydrogens (tertiary/aromatic N) is 6. The first-order valence-corrected chi connectivity index (χ1v) is 10.2. The number of anilines is 4. The Labute approximate surface area is 183 Å². The van der Waals surface area contributed by atoms with E-state index in [1.165, 1.54) is 0 Å². The van der Waals surface area contributed by atoms with Crippen LogP contribution in [-0.4, -0.2) is 66.8 Å². The summed E-state index contributed by atoms with van der Waals surface area (Å²) in [5.41, 5.74) is 1.65. The first-order valence-electron chi connectivity index (χ1n) is 10.2. The van der Waals surface area contributed by atoms with Gasteiger partial charge in [-0.3, -0.25) is 0 Å². The van der Waals surface area contributed by atoms with Crippen LogP contribution in [0.3, 0.4) is 0 Å². The minimum atomic E-state index is -0.487. The number of carbonyl (C=O) groups is 1. The number of ether oxygens (including phenoxy) is 1. The molecule has 3 rings (SSSR count). The van der Waals surface area contributed by atoms with E-state index < -0.39 is 5.60 Å². The highest BCUT2D eigenvalue weighted by molar-refractivity contribution is 5.69. The maximum absolute atomic E-state index is 12.2. The van der Waals surface area contributed by atoms with Crippen molar-refractivity contribution in [1.29, 1.82) is 5.26 Å². The Hall–Kier alpha value is -3.54. The predicted octanol–water partition coefficient (Wildman–Crippen LogP) is 3.21. The molecule has 31 heavy (non-hydrogen) atoms. The van der Waals surface area contributed by atoms with Crippen LogP contribution in [0.25, 0.3) is 0 Å². The Morgan fingerprint density at radius 3 is 2.35 bits per heavy atom. The molecule has 1 aromatic heterocycles. The van der Waals surface area contributed by atoms with Crippen LogP contribution in [0.5, 0.6) is 0 Å². The molecule has 0 aliphatic carbocycles. The van der Waals surface area contributed by atoms with Crippen LogP contribution in [-0.2, 0) is 4.74 Å². The molecule has 0 radical (unpaired) electrons. The number of nitrogens with one attached hydrogen (secondary N) is 1. The number of benzene rings is 1. The molecule has 164 valence electrons. The smallest absolute Gasteiger partial charge is 0.410 e. The third kappa shape index (κ3) is 5.75. The second-order valence-corrected chi connectivity index (χ2v) is 8.56. The summed E-state index contributed by atoms with van der Waals surface area (Å²) >= 11 is 0. The molecule has 1 saturated heterocycles. The summed E-state index contributed by atoms with van der Waals surface area (Å²) in [6.07, 6.45) is 1.31. The van der Waals surface area contributed by atoms with E-state index in [1.807, 2.05) is 64.0 Å². The van der Waals surface area contributed by atoms with E-state index in [2.05, 4.69) is 26.3 Å². The molecular weight excluding hydrogens is 394 g/mol. The summed E-state index contributed by atoms with van der Waals surface area (Å²) in [6, 6.07) is 9.99. The standard InChI is InChI=1S/C22H29N7O2/c1-22(2,3)31-21(30)29-12-10-28(11-13-29)17-8-6-16(7-9-17)25-20-18(14-23)24-15-19(26-20)27(4)5/h6-9,15H,10-13H2,1-5H3,(H,25,26). The highest BCUT2D eigenvalue weighted by atomic mass is 16.6.